The van der Waals surface area contributed by atoms with Gasteiger partial charge in [-0.05, 0) is 42.5 Å². The average molecular weight is 417 g/mol. The van der Waals surface area contributed by atoms with Crippen molar-refractivity contribution < 1.29 is 28.6 Å². The number of methoxy groups -OCH3 is 2. The maximum Gasteiger partial charge on any atom is 0.309 e. The fourth-order valence-corrected chi connectivity index (χ4v) is 3.91. The lowest BCUT2D eigenvalue weighted by Crippen LogP contribution is -2.40. The molecule has 7 nitrogen and oxygen atoms in total. The first-order chi connectivity index (χ1) is 14.0. The van der Waals surface area contributed by atoms with Gasteiger partial charge in [0.1, 0.15) is 0 Å². The maximum absolute atomic E-state index is 12.4. The van der Waals surface area contributed by atoms with Crippen molar-refractivity contribution in [2.24, 2.45) is 5.92 Å². The van der Waals surface area contributed by atoms with Gasteiger partial charge in [0.25, 0.3) is 5.91 Å². The summed E-state index contributed by atoms with van der Waals surface area (Å²) in [5, 5.41) is 1.87. The Morgan fingerprint density at radius 2 is 1.79 bits per heavy atom. The number of carbonyl (C=O) groups excluding carboxylic acids is 3. The summed E-state index contributed by atoms with van der Waals surface area (Å²) in [7, 11) is 3.00. The molecule has 0 aliphatic carbocycles. The second-order valence-corrected chi connectivity index (χ2v) is 7.59. The number of benzene rings is 1. The Labute approximate surface area is 173 Å². The summed E-state index contributed by atoms with van der Waals surface area (Å²) in [4.78, 5) is 39.5. The number of hydrogen-bond donors (Lipinski definition) is 0. The second-order valence-electron chi connectivity index (χ2n) is 6.64. The lowest BCUT2D eigenvalue weighted by atomic mass is 9.97. The van der Waals surface area contributed by atoms with Crippen LogP contribution in [-0.4, -0.2) is 56.5 Å². The molecule has 2 heterocycles. The van der Waals surface area contributed by atoms with Gasteiger partial charge in [-0.15, -0.1) is 11.3 Å². The number of likely N-dealkylation sites (tertiary alicyclic amines) is 1. The van der Waals surface area contributed by atoms with Crippen molar-refractivity contribution in [3.8, 4) is 11.5 Å². The van der Waals surface area contributed by atoms with Crippen LogP contribution in [0, 0.1) is 5.92 Å². The molecule has 1 amide bonds. The highest BCUT2D eigenvalue weighted by Gasteiger charge is 2.29. The SMILES string of the molecule is COc1ccc(C(=O)COC(=O)C2CCN(C(=O)c3cccs3)CC2)cc1OC. The first kappa shape index (κ1) is 20.9. The van der Waals surface area contributed by atoms with E-state index in [2.05, 4.69) is 0 Å². The molecule has 8 heteroatoms. The molecule has 0 saturated carbocycles. The van der Waals surface area contributed by atoms with Crippen molar-refractivity contribution in [3.63, 3.8) is 0 Å². The van der Waals surface area contributed by atoms with E-state index in [0.717, 1.165) is 0 Å². The van der Waals surface area contributed by atoms with Gasteiger partial charge < -0.3 is 19.1 Å². The summed E-state index contributed by atoms with van der Waals surface area (Å²) in [5.74, 6) is -0.0694. The molecule has 154 valence electrons. The smallest absolute Gasteiger partial charge is 0.309 e. The summed E-state index contributed by atoms with van der Waals surface area (Å²) in [6, 6.07) is 8.44. The van der Waals surface area contributed by atoms with E-state index in [1.807, 2.05) is 11.4 Å². The molecule has 3 rings (SSSR count). The van der Waals surface area contributed by atoms with Gasteiger partial charge in [0, 0.05) is 18.7 Å². The van der Waals surface area contributed by atoms with Crippen LogP contribution in [0.15, 0.2) is 35.7 Å². The van der Waals surface area contributed by atoms with Gasteiger partial charge in [-0.3, -0.25) is 14.4 Å². The zero-order valence-electron chi connectivity index (χ0n) is 16.4. The molecule has 1 fully saturated rings. The maximum atomic E-state index is 12.4. The molecule has 0 radical (unpaired) electrons. The number of ketones is 1. The molecule has 2 aromatic rings. The van der Waals surface area contributed by atoms with Crippen LogP contribution < -0.4 is 9.47 Å². The van der Waals surface area contributed by atoms with E-state index in [1.165, 1.54) is 25.6 Å². The fourth-order valence-electron chi connectivity index (χ4n) is 3.22. The van der Waals surface area contributed by atoms with Gasteiger partial charge in [-0.25, -0.2) is 0 Å². The molecule has 0 N–H and O–H groups in total. The Hall–Kier alpha value is -2.87. The number of amides is 1. The van der Waals surface area contributed by atoms with Crippen molar-refractivity contribution in [2.75, 3.05) is 33.9 Å². The predicted octanol–water partition coefficient (Wildman–Crippen LogP) is 3.04. The molecule has 1 aliphatic rings. The van der Waals surface area contributed by atoms with Crippen molar-refractivity contribution in [1.82, 2.24) is 4.90 Å². The molecule has 29 heavy (non-hydrogen) atoms. The molecule has 1 saturated heterocycles. The highest BCUT2D eigenvalue weighted by molar-refractivity contribution is 7.12. The Balaban J connectivity index is 1.49. The van der Waals surface area contributed by atoms with Gasteiger partial charge in [-0.1, -0.05) is 6.07 Å². The van der Waals surface area contributed by atoms with E-state index in [9.17, 15) is 14.4 Å². The topological polar surface area (TPSA) is 82.1 Å². The zero-order chi connectivity index (χ0) is 20.8. The number of thiophene rings is 1. The molecule has 1 aliphatic heterocycles. The normalized spacial score (nSPS) is 14.3. The first-order valence-electron chi connectivity index (χ1n) is 9.28. The second kappa shape index (κ2) is 9.56. The summed E-state index contributed by atoms with van der Waals surface area (Å²) < 4.78 is 15.6. The lowest BCUT2D eigenvalue weighted by Gasteiger charge is -2.30. The molecule has 0 unspecified atom stereocenters. The highest BCUT2D eigenvalue weighted by atomic mass is 32.1. The van der Waals surface area contributed by atoms with E-state index in [1.54, 1.807) is 29.2 Å². The van der Waals surface area contributed by atoms with Crippen LogP contribution in [0.3, 0.4) is 0 Å². The minimum Gasteiger partial charge on any atom is -0.493 e. The Morgan fingerprint density at radius 3 is 2.41 bits per heavy atom. The number of nitrogens with zero attached hydrogens (tertiary/aromatic N) is 1. The van der Waals surface area contributed by atoms with E-state index >= 15 is 0 Å². The highest BCUT2D eigenvalue weighted by Crippen LogP contribution is 2.28. The van der Waals surface area contributed by atoms with Gasteiger partial charge >= 0.3 is 5.97 Å². The first-order valence-corrected chi connectivity index (χ1v) is 10.2. The largest absolute Gasteiger partial charge is 0.493 e. The van der Waals surface area contributed by atoms with Crippen LogP contribution in [0.1, 0.15) is 32.9 Å². The van der Waals surface area contributed by atoms with Crippen molar-refractivity contribution in [2.45, 2.75) is 12.8 Å². The van der Waals surface area contributed by atoms with Crippen molar-refractivity contribution in [1.29, 1.82) is 0 Å². The van der Waals surface area contributed by atoms with Crippen LogP contribution in [0.5, 0.6) is 11.5 Å². The molecule has 0 spiro atoms. The third-order valence-electron chi connectivity index (χ3n) is 4.90. The molecule has 0 bridgehead atoms. The van der Waals surface area contributed by atoms with Crippen LogP contribution in [0.4, 0.5) is 0 Å². The van der Waals surface area contributed by atoms with Crippen molar-refractivity contribution in [3.05, 3.63) is 46.2 Å². The number of hydrogen-bond acceptors (Lipinski definition) is 7. The number of piperidine rings is 1. The summed E-state index contributed by atoms with van der Waals surface area (Å²) in [6.45, 7) is 0.670. The predicted molar refractivity (Wildman–Crippen MR) is 108 cm³/mol. The molecule has 0 atom stereocenters. The van der Waals surface area contributed by atoms with Crippen molar-refractivity contribution >= 4 is 29.0 Å². The third kappa shape index (κ3) is 4.95. The van der Waals surface area contributed by atoms with Crippen LogP contribution in [-0.2, 0) is 9.53 Å². The van der Waals surface area contributed by atoms with Gasteiger partial charge in [-0.2, -0.15) is 0 Å². The fraction of sp³-hybridized carbons (Fsp3) is 0.381. The summed E-state index contributed by atoms with van der Waals surface area (Å²) in [6.07, 6.45) is 1.06. The number of ether oxygens (including phenoxy) is 3. The van der Waals surface area contributed by atoms with Gasteiger partial charge in [0.2, 0.25) is 0 Å². The lowest BCUT2D eigenvalue weighted by molar-refractivity contribution is -0.148. The number of esters is 1. The quantitative estimate of drug-likeness (QED) is 0.509. The Morgan fingerprint density at radius 1 is 1.07 bits per heavy atom. The minimum atomic E-state index is -0.401. The Kier molecular flexibility index (Phi) is 6.87. The standard InChI is InChI=1S/C21H23NO6S/c1-26-17-6-5-15(12-18(17)27-2)16(23)13-28-21(25)14-7-9-22(10-8-14)20(24)19-4-3-11-29-19/h3-6,11-12,14H,7-10,13H2,1-2H3. The number of carbonyl (C=O) groups is 3. The summed E-state index contributed by atoms with van der Waals surface area (Å²) in [5.41, 5.74) is 0.381. The molecular formula is C21H23NO6S. The average Bonchev–Trinajstić information content (AvgIpc) is 3.31. The van der Waals surface area contributed by atoms with Gasteiger partial charge in [0.15, 0.2) is 23.9 Å². The number of Topliss-reactive ketones (excluding diaryl/α,β-unsaturated/α-hetero) is 1. The third-order valence-corrected chi connectivity index (χ3v) is 5.76. The molecular weight excluding hydrogens is 394 g/mol. The van der Waals surface area contributed by atoms with E-state index < -0.39 is 5.97 Å². The number of rotatable bonds is 7. The zero-order valence-corrected chi connectivity index (χ0v) is 17.2. The van der Waals surface area contributed by atoms with Crippen LogP contribution in [0.25, 0.3) is 0 Å². The van der Waals surface area contributed by atoms with E-state index in [0.29, 0.717) is 47.9 Å². The minimum absolute atomic E-state index is 0.00421. The van der Waals surface area contributed by atoms with E-state index in [-0.39, 0.29) is 24.2 Å². The monoisotopic (exact) mass is 417 g/mol. The van der Waals surface area contributed by atoms with E-state index in [4.69, 9.17) is 14.2 Å². The van der Waals surface area contributed by atoms with Crippen LogP contribution >= 0.6 is 11.3 Å². The summed E-state index contributed by atoms with van der Waals surface area (Å²) >= 11 is 1.41. The molecule has 1 aromatic carbocycles. The molecule has 1 aromatic heterocycles. The Bertz CT molecular complexity index is 871. The van der Waals surface area contributed by atoms with Crippen LogP contribution in [0.2, 0.25) is 0 Å². The van der Waals surface area contributed by atoms with Gasteiger partial charge in [0.05, 0.1) is 25.0 Å².